The minimum absolute atomic E-state index is 0.389. The standard InChI is InChI=1S/C9H14O/c1-2-9(10)8-6-4-3-5-7-8/h2,6,9-10H,1,3-5,7H2. The second-order valence-corrected chi connectivity index (χ2v) is 2.71. The lowest BCUT2D eigenvalue weighted by Gasteiger charge is -2.14. The lowest BCUT2D eigenvalue weighted by molar-refractivity contribution is 0.252. The molecule has 0 amide bonds. The minimum Gasteiger partial charge on any atom is -0.385 e. The zero-order chi connectivity index (χ0) is 7.40. The van der Waals surface area contributed by atoms with E-state index in [-0.39, 0.29) is 6.10 Å². The Labute approximate surface area is 62.1 Å². The molecule has 0 saturated carbocycles. The van der Waals surface area contributed by atoms with Crippen LogP contribution in [-0.4, -0.2) is 11.2 Å². The third-order valence-corrected chi connectivity index (χ3v) is 1.93. The fourth-order valence-corrected chi connectivity index (χ4v) is 1.28. The minimum atomic E-state index is -0.389. The van der Waals surface area contributed by atoms with Crippen LogP contribution in [0.2, 0.25) is 0 Å². The molecule has 1 N–H and O–H groups in total. The maximum absolute atomic E-state index is 9.30. The van der Waals surface area contributed by atoms with E-state index in [0.717, 1.165) is 18.4 Å². The van der Waals surface area contributed by atoms with Crippen molar-refractivity contribution in [2.24, 2.45) is 0 Å². The van der Waals surface area contributed by atoms with Crippen LogP contribution in [0.25, 0.3) is 0 Å². The van der Waals surface area contributed by atoms with Crippen LogP contribution in [0.4, 0.5) is 0 Å². The second kappa shape index (κ2) is 3.57. The first-order valence-corrected chi connectivity index (χ1v) is 3.84. The molecule has 1 rings (SSSR count). The summed E-state index contributed by atoms with van der Waals surface area (Å²) < 4.78 is 0. The van der Waals surface area contributed by atoms with Gasteiger partial charge in [-0.15, -0.1) is 6.58 Å². The van der Waals surface area contributed by atoms with Crippen molar-refractivity contribution in [3.05, 3.63) is 24.3 Å². The highest BCUT2D eigenvalue weighted by atomic mass is 16.3. The lowest BCUT2D eigenvalue weighted by Crippen LogP contribution is -2.08. The molecule has 0 aromatic heterocycles. The Bertz CT molecular complexity index is 147. The maximum atomic E-state index is 9.30. The van der Waals surface area contributed by atoms with E-state index in [2.05, 4.69) is 12.7 Å². The lowest BCUT2D eigenvalue weighted by atomic mass is 9.96. The van der Waals surface area contributed by atoms with Gasteiger partial charge in [-0.3, -0.25) is 0 Å². The van der Waals surface area contributed by atoms with Crippen LogP contribution in [0.1, 0.15) is 25.7 Å². The molecule has 56 valence electrons. The van der Waals surface area contributed by atoms with E-state index in [0.29, 0.717) is 0 Å². The van der Waals surface area contributed by atoms with Crippen LogP contribution in [0.5, 0.6) is 0 Å². The molecule has 1 aliphatic rings. The summed E-state index contributed by atoms with van der Waals surface area (Å²) >= 11 is 0. The van der Waals surface area contributed by atoms with Gasteiger partial charge in [0.15, 0.2) is 0 Å². The van der Waals surface area contributed by atoms with Crippen molar-refractivity contribution in [1.29, 1.82) is 0 Å². The molecule has 0 heterocycles. The van der Waals surface area contributed by atoms with E-state index in [9.17, 15) is 5.11 Å². The molecule has 1 heteroatoms. The fourth-order valence-electron chi connectivity index (χ4n) is 1.28. The highest BCUT2D eigenvalue weighted by Crippen LogP contribution is 2.20. The van der Waals surface area contributed by atoms with Gasteiger partial charge in [0.1, 0.15) is 0 Å². The van der Waals surface area contributed by atoms with Crippen LogP contribution in [0.3, 0.4) is 0 Å². The fraction of sp³-hybridized carbons (Fsp3) is 0.556. The topological polar surface area (TPSA) is 20.2 Å². The van der Waals surface area contributed by atoms with Crippen molar-refractivity contribution in [2.75, 3.05) is 0 Å². The summed E-state index contributed by atoms with van der Waals surface area (Å²) in [5.41, 5.74) is 1.15. The van der Waals surface area contributed by atoms with E-state index in [1.54, 1.807) is 6.08 Å². The van der Waals surface area contributed by atoms with Gasteiger partial charge in [-0.05, 0) is 31.3 Å². The Morgan fingerprint density at radius 2 is 2.40 bits per heavy atom. The van der Waals surface area contributed by atoms with Crippen LogP contribution < -0.4 is 0 Å². The normalized spacial score (nSPS) is 21.5. The van der Waals surface area contributed by atoms with E-state index in [1.165, 1.54) is 12.8 Å². The number of aliphatic hydroxyl groups is 1. The Balaban J connectivity index is 2.52. The van der Waals surface area contributed by atoms with Crippen LogP contribution in [-0.2, 0) is 0 Å². The molecule has 0 aromatic carbocycles. The van der Waals surface area contributed by atoms with Gasteiger partial charge >= 0.3 is 0 Å². The smallest absolute Gasteiger partial charge is 0.0929 e. The van der Waals surface area contributed by atoms with E-state index < -0.39 is 0 Å². The number of aliphatic hydroxyl groups excluding tert-OH is 1. The first kappa shape index (κ1) is 7.55. The second-order valence-electron chi connectivity index (χ2n) is 2.71. The molecule has 0 spiro atoms. The third kappa shape index (κ3) is 1.71. The molecule has 0 aliphatic heterocycles. The molecular formula is C9H14O. The molecule has 1 aliphatic carbocycles. The predicted octanol–water partition coefficient (Wildman–Crippen LogP) is 2.03. The average Bonchev–Trinajstić information content (AvgIpc) is 2.05. The van der Waals surface area contributed by atoms with Crippen molar-refractivity contribution < 1.29 is 5.11 Å². The van der Waals surface area contributed by atoms with Crippen LogP contribution in [0, 0.1) is 0 Å². The summed E-state index contributed by atoms with van der Waals surface area (Å²) in [6, 6.07) is 0. The third-order valence-electron chi connectivity index (χ3n) is 1.93. The van der Waals surface area contributed by atoms with Crippen LogP contribution in [0.15, 0.2) is 24.3 Å². The first-order chi connectivity index (χ1) is 4.84. The van der Waals surface area contributed by atoms with Gasteiger partial charge in [0, 0.05) is 0 Å². The maximum Gasteiger partial charge on any atom is 0.0929 e. The Morgan fingerprint density at radius 1 is 1.60 bits per heavy atom. The summed E-state index contributed by atoms with van der Waals surface area (Å²) in [7, 11) is 0. The van der Waals surface area contributed by atoms with Crippen molar-refractivity contribution in [1.82, 2.24) is 0 Å². The van der Waals surface area contributed by atoms with Gasteiger partial charge in [0.2, 0.25) is 0 Å². The van der Waals surface area contributed by atoms with Crippen molar-refractivity contribution in [3.63, 3.8) is 0 Å². The van der Waals surface area contributed by atoms with E-state index in [4.69, 9.17) is 0 Å². The largest absolute Gasteiger partial charge is 0.385 e. The molecule has 0 aromatic rings. The number of hydrogen-bond donors (Lipinski definition) is 1. The predicted molar refractivity (Wildman–Crippen MR) is 42.8 cm³/mol. The number of rotatable bonds is 2. The number of allylic oxidation sites excluding steroid dienone is 1. The van der Waals surface area contributed by atoms with Crippen molar-refractivity contribution in [2.45, 2.75) is 31.8 Å². The van der Waals surface area contributed by atoms with Gasteiger partial charge in [0.25, 0.3) is 0 Å². The molecule has 0 saturated heterocycles. The molecule has 0 fully saturated rings. The highest BCUT2D eigenvalue weighted by Gasteiger charge is 2.08. The molecule has 0 radical (unpaired) electrons. The van der Waals surface area contributed by atoms with Crippen molar-refractivity contribution >= 4 is 0 Å². The summed E-state index contributed by atoms with van der Waals surface area (Å²) in [5, 5.41) is 9.30. The van der Waals surface area contributed by atoms with Gasteiger partial charge in [-0.25, -0.2) is 0 Å². The Kier molecular flexibility index (Phi) is 2.69. The van der Waals surface area contributed by atoms with Gasteiger partial charge < -0.3 is 5.11 Å². The van der Waals surface area contributed by atoms with E-state index in [1.807, 2.05) is 0 Å². The zero-order valence-corrected chi connectivity index (χ0v) is 6.21. The van der Waals surface area contributed by atoms with Crippen LogP contribution >= 0.6 is 0 Å². The molecule has 1 unspecified atom stereocenters. The highest BCUT2D eigenvalue weighted by molar-refractivity contribution is 5.15. The summed E-state index contributed by atoms with van der Waals surface area (Å²) in [6.07, 6.45) is 8.00. The quantitative estimate of drug-likeness (QED) is 0.579. The first-order valence-electron chi connectivity index (χ1n) is 3.84. The number of hydrogen-bond acceptors (Lipinski definition) is 1. The monoisotopic (exact) mass is 138 g/mol. The molecule has 1 nitrogen and oxygen atoms in total. The van der Waals surface area contributed by atoms with E-state index >= 15 is 0 Å². The molecule has 1 atom stereocenters. The molecule has 0 bridgehead atoms. The van der Waals surface area contributed by atoms with Gasteiger partial charge in [0.05, 0.1) is 6.10 Å². The molecule has 10 heavy (non-hydrogen) atoms. The Morgan fingerprint density at radius 3 is 2.90 bits per heavy atom. The Hall–Kier alpha value is -0.560. The average molecular weight is 138 g/mol. The SMILES string of the molecule is C=CC(O)C1=CCCCC1. The van der Waals surface area contributed by atoms with Crippen molar-refractivity contribution in [3.8, 4) is 0 Å². The van der Waals surface area contributed by atoms with Gasteiger partial charge in [-0.1, -0.05) is 12.2 Å². The summed E-state index contributed by atoms with van der Waals surface area (Å²) in [6.45, 7) is 3.54. The van der Waals surface area contributed by atoms with Gasteiger partial charge in [-0.2, -0.15) is 0 Å². The summed E-state index contributed by atoms with van der Waals surface area (Å²) in [4.78, 5) is 0. The molecular weight excluding hydrogens is 124 g/mol. The summed E-state index contributed by atoms with van der Waals surface area (Å²) in [5.74, 6) is 0. The zero-order valence-electron chi connectivity index (χ0n) is 6.21.